The zero-order valence-corrected chi connectivity index (χ0v) is 18.6. The third-order valence-corrected chi connectivity index (χ3v) is 6.10. The van der Waals surface area contributed by atoms with Gasteiger partial charge in [0, 0.05) is 53.9 Å². The van der Waals surface area contributed by atoms with Crippen LogP contribution >= 0.6 is 0 Å². The molecule has 0 radical (unpaired) electrons. The number of ether oxygens (including phenoxy) is 1. The Labute approximate surface area is 190 Å². The summed E-state index contributed by atoms with van der Waals surface area (Å²) >= 11 is 0. The summed E-state index contributed by atoms with van der Waals surface area (Å²) in [5, 5.41) is 21.6. The van der Waals surface area contributed by atoms with E-state index in [1.54, 1.807) is 19.3 Å². The SMILES string of the molecule is COc1ccc2[nH]c(O)c(C=c3ccc4c(c3)N=NC=4C=CC(=O)N3CCN(C)CC3)c2c1. The number of nitrogens with zero attached hydrogens (tertiary/aromatic N) is 4. The Balaban J connectivity index is 1.44. The fourth-order valence-electron chi connectivity index (χ4n) is 4.12. The molecule has 0 aliphatic carbocycles. The summed E-state index contributed by atoms with van der Waals surface area (Å²) in [6.45, 7) is 3.24. The fraction of sp³-hybridized carbons (Fsp3) is 0.240. The lowest BCUT2D eigenvalue weighted by molar-refractivity contribution is -0.127. The van der Waals surface area contributed by atoms with E-state index in [1.807, 2.05) is 47.4 Å². The van der Waals surface area contributed by atoms with Crippen molar-refractivity contribution in [2.45, 2.75) is 0 Å². The van der Waals surface area contributed by atoms with Crippen LogP contribution in [0.4, 0.5) is 5.69 Å². The largest absolute Gasteiger partial charge is 0.497 e. The van der Waals surface area contributed by atoms with Crippen LogP contribution in [0.5, 0.6) is 11.6 Å². The van der Waals surface area contributed by atoms with Gasteiger partial charge in [0.2, 0.25) is 5.91 Å². The van der Waals surface area contributed by atoms with Gasteiger partial charge in [0.25, 0.3) is 0 Å². The Morgan fingerprint density at radius 1 is 1.12 bits per heavy atom. The molecule has 1 amide bonds. The minimum absolute atomic E-state index is 0.00515. The molecule has 8 heteroatoms. The number of likely N-dealkylation sites (N-methyl/N-ethyl adjacent to an activating group) is 1. The zero-order valence-electron chi connectivity index (χ0n) is 18.6. The normalized spacial score (nSPS) is 16.8. The molecule has 168 valence electrons. The molecule has 33 heavy (non-hydrogen) atoms. The predicted molar refractivity (Wildman–Crippen MR) is 127 cm³/mol. The average molecular weight is 444 g/mol. The van der Waals surface area contributed by atoms with Crippen molar-refractivity contribution in [1.82, 2.24) is 14.8 Å². The van der Waals surface area contributed by atoms with Crippen LogP contribution in [0.25, 0.3) is 22.7 Å². The smallest absolute Gasteiger partial charge is 0.246 e. The molecule has 2 aliphatic heterocycles. The number of rotatable bonds is 4. The Bertz CT molecular complexity index is 1410. The molecule has 0 bridgehead atoms. The van der Waals surface area contributed by atoms with Gasteiger partial charge >= 0.3 is 0 Å². The number of hydrogen-bond donors (Lipinski definition) is 2. The van der Waals surface area contributed by atoms with E-state index in [0.717, 1.165) is 59.0 Å². The number of carbonyl (C=O) groups is 1. The lowest BCUT2D eigenvalue weighted by Gasteiger charge is -2.31. The lowest BCUT2D eigenvalue weighted by atomic mass is 10.1. The maximum absolute atomic E-state index is 12.5. The van der Waals surface area contributed by atoms with Gasteiger partial charge in [0.1, 0.15) is 5.75 Å². The molecule has 3 aromatic rings. The number of hydrogen-bond acceptors (Lipinski definition) is 6. The van der Waals surface area contributed by atoms with E-state index in [0.29, 0.717) is 11.3 Å². The molecule has 2 N–H and O–H groups in total. The maximum Gasteiger partial charge on any atom is 0.246 e. The summed E-state index contributed by atoms with van der Waals surface area (Å²) in [4.78, 5) is 19.5. The molecular formula is C25H25N5O3. The number of aromatic amines is 1. The number of piperazine rings is 1. The first-order valence-electron chi connectivity index (χ1n) is 10.8. The molecule has 0 saturated carbocycles. The van der Waals surface area contributed by atoms with Crippen LogP contribution in [-0.2, 0) is 4.79 Å². The number of aromatic nitrogens is 1. The molecule has 0 spiro atoms. The first kappa shape index (κ1) is 21.0. The molecule has 5 rings (SSSR count). The van der Waals surface area contributed by atoms with Crippen LogP contribution in [-0.4, -0.2) is 66.1 Å². The number of azo groups is 1. The van der Waals surface area contributed by atoms with E-state index in [2.05, 4.69) is 27.2 Å². The van der Waals surface area contributed by atoms with E-state index >= 15 is 0 Å². The van der Waals surface area contributed by atoms with Crippen LogP contribution in [0.2, 0.25) is 0 Å². The molecule has 1 aromatic heterocycles. The van der Waals surface area contributed by atoms with Crippen LogP contribution in [0.1, 0.15) is 5.56 Å². The molecule has 1 saturated heterocycles. The van der Waals surface area contributed by atoms with Gasteiger partial charge in [0.15, 0.2) is 5.88 Å². The van der Waals surface area contributed by atoms with Gasteiger partial charge in [0.05, 0.1) is 18.5 Å². The first-order chi connectivity index (χ1) is 16.0. The summed E-state index contributed by atoms with van der Waals surface area (Å²) in [6.07, 6.45) is 5.21. The quantitative estimate of drug-likeness (QED) is 0.605. The highest BCUT2D eigenvalue weighted by Crippen LogP contribution is 2.30. The van der Waals surface area contributed by atoms with E-state index in [1.165, 1.54) is 0 Å². The predicted octanol–water partition coefficient (Wildman–Crippen LogP) is 2.25. The second kappa shape index (κ2) is 8.55. The van der Waals surface area contributed by atoms with Crippen molar-refractivity contribution in [3.05, 3.63) is 64.6 Å². The number of nitrogens with one attached hydrogen (secondary N) is 1. The van der Waals surface area contributed by atoms with Gasteiger partial charge in [-0.15, -0.1) is 10.2 Å². The van der Waals surface area contributed by atoms with Crippen molar-refractivity contribution in [3.63, 3.8) is 0 Å². The van der Waals surface area contributed by atoms with Crippen LogP contribution in [0, 0.1) is 0 Å². The molecule has 0 atom stereocenters. The average Bonchev–Trinajstić information content (AvgIpc) is 3.37. The maximum atomic E-state index is 12.5. The fourth-order valence-corrected chi connectivity index (χ4v) is 4.12. The summed E-state index contributed by atoms with van der Waals surface area (Å²) in [7, 11) is 3.68. The molecule has 1 fully saturated rings. The van der Waals surface area contributed by atoms with Crippen LogP contribution in [0.15, 0.2) is 58.8 Å². The number of H-pyrrole nitrogens is 1. The number of fused-ring (bicyclic) bond motifs is 2. The Morgan fingerprint density at radius 2 is 1.94 bits per heavy atom. The van der Waals surface area contributed by atoms with Gasteiger partial charge in [-0.1, -0.05) is 6.07 Å². The molecule has 0 unspecified atom stereocenters. The molecule has 2 aromatic carbocycles. The number of benzene rings is 2. The molecule has 2 aliphatic rings. The molecule has 8 nitrogen and oxygen atoms in total. The van der Waals surface area contributed by atoms with Gasteiger partial charge in [-0.2, -0.15) is 0 Å². The topological polar surface area (TPSA) is 93.5 Å². The van der Waals surface area contributed by atoms with E-state index in [-0.39, 0.29) is 11.8 Å². The summed E-state index contributed by atoms with van der Waals surface area (Å²) in [5.41, 5.74) is 2.90. The van der Waals surface area contributed by atoms with E-state index in [4.69, 9.17) is 4.74 Å². The Morgan fingerprint density at radius 3 is 2.73 bits per heavy atom. The highest BCUT2D eigenvalue weighted by molar-refractivity contribution is 5.93. The number of carbonyl (C=O) groups excluding carboxylic acids is 1. The van der Waals surface area contributed by atoms with Crippen LogP contribution < -0.4 is 15.2 Å². The van der Waals surface area contributed by atoms with Gasteiger partial charge in [-0.25, -0.2) is 0 Å². The minimum Gasteiger partial charge on any atom is -0.497 e. The molecule has 3 heterocycles. The van der Waals surface area contributed by atoms with Crippen LogP contribution in [0.3, 0.4) is 0 Å². The zero-order chi connectivity index (χ0) is 22.9. The Kier molecular flexibility index (Phi) is 5.43. The van der Waals surface area contributed by atoms with Gasteiger partial charge in [-0.05, 0) is 54.8 Å². The van der Waals surface area contributed by atoms with E-state index in [9.17, 15) is 9.90 Å². The summed E-state index contributed by atoms with van der Waals surface area (Å²) in [5.74, 6) is 0.809. The first-order valence-corrected chi connectivity index (χ1v) is 10.8. The monoisotopic (exact) mass is 443 g/mol. The van der Waals surface area contributed by atoms with Crippen molar-refractivity contribution >= 4 is 34.3 Å². The van der Waals surface area contributed by atoms with Crippen molar-refractivity contribution < 1.29 is 14.6 Å². The van der Waals surface area contributed by atoms with E-state index < -0.39 is 0 Å². The van der Waals surface area contributed by atoms with Crippen molar-refractivity contribution in [2.24, 2.45) is 10.2 Å². The second-order valence-electron chi connectivity index (χ2n) is 8.27. The van der Waals surface area contributed by atoms with Gasteiger partial charge < -0.3 is 24.6 Å². The Hall–Kier alpha value is -3.91. The third-order valence-electron chi connectivity index (χ3n) is 6.10. The molecular weight excluding hydrogens is 418 g/mol. The highest BCUT2D eigenvalue weighted by Gasteiger charge is 2.17. The highest BCUT2D eigenvalue weighted by atomic mass is 16.5. The standard InChI is InChI=1S/C25H25N5O3/c1-29-9-11-30(12-10-29)24(31)8-7-22-18-5-3-16(14-23(18)28-27-22)13-20-19-15-17(33-2)4-6-21(19)26-25(20)32/h3-8,13-15,26,32H,9-12H2,1-2H3. The number of amides is 1. The third kappa shape index (κ3) is 4.12. The lowest BCUT2D eigenvalue weighted by Crippen LogP contribution is -2.46. The summed E-state index contributed by atoms with van der Waals surface area (Å²) in [6, 6.07) is 11.4. The van der Waals surface area contributed by atoms with Crippen molar-refractivity contribution in [1.29, 1.82) is 0 Å². The summed E-state index contributed by atoms with van der Waals surface area (Å²) < 4.78 is 5.32. The minimum atomic E-state index is -0.00515. The number of aromatic hydroxyl groups is 1. The number of methoxy groups -OCH3 is 1. The van der Waals surface area contributed by atoms with Crippen molar-refractivity contribution in [2.75, 3.05) is 40.3 Å². The van der Waals surface area contributed by atoms with Crippen molar-refractivity contribution in [3.8, 4) is 11.6 Å². The van der Waals surface area contributed by atoms with Gasteiger partial charge in [-0.3, -0.25) is 4.79 Å². The second-order valence-corrected chi connectivity index (χ2v) is 8.27.